The van der Waals surface area contributed by atoms with Crippen molar-refractivity contribution in [2.45, 2.75) is 46.3 Å². The predicted molar refractivity (Wildman–Crippen MR) is 86.4 cm³/mol. The highest BCUT2D eigenvalue weighted by Gasteiger charge is 2.31. The van der Waals surface area contributed by atoms with Gasteiger partial charge in [-0.05, 0) is 46.2 Å². The van der Waals surface area contributed by atoms with Gasteiger partial charge in [-0.15, -0.1) is 0 Å². The summed E-state index contributed by atoms with van der Waals surface area (Å²) in [6, 6.07) is 1.94. The Labute approximate surface area is 136 Å². The molecule has 1 aliphatic heterocycles. The summed E-state index contributed by atoms with van der Waals surface area (Å²) < 4.78 is 5.45. The van der Waals surface area contributed by atoms with Crippen LogP contribution in [-0.2, 0) is 4.74 Å². The average Bonchev–Trinajstić information content (AvgIpc) is 2.35. The predicted octanol–water partition coefficient (Wildman–Crippen LogP) is 2.88. The van der Waals surface area contributed by atoms with Crippen LogP contribution < -0.4 is 4.90 Å². The summed E-state index contributed by atoms with van der Waals surface area (Å²) in [6.07, 6.45) is -0.267. The molecule has 1 aromatic heterocycles. The van der Waals surface area contributed by atoms with Gasteiger partial charge in [0.15, 0.2) is 0 Å². The minimum atomic E-state index is -0.481. The zero-order chi connectivity index (χ0) is 16.5. The van der Waals surface area contributed by atoms with Crippen LogP contribution in [0.5, 0.6) is 0 Å². The lowest BCUT2D eigenvalue weighted by Gasteiger charge is -2.40. The number of nitrogens with zero attached hydrogens (tertiary/aromatic N) is 4. The first-order valence-corrected chi connectivity index (χ1v) is 7.79. The molecule has 0 aromatic carbocycles. The van der Waals surface area contributed by atoms with Crippen LogP contribution in [0, 0.1) is 6.92 Å². The van der Waals surface area contributed by atoms with E-state index in [9.17, 15) is 4.79 Å². The largest absolute Gasteiger partial charge is 0.444 e. The summed E-state index contributed by atoms with van der Waals surface area (Å²) in [4.78, 5) is 24.4. The SMILES string of the molecule is Cc1cc(N2CCN(C(=O)OC(C)(C)C)[C@H](C)C2)nc(Cl)n1. The van der Waals surface area contributed by atoms with E-state index in [-0.39, 0.29) is 17.4 Å². The van der Waals surface area contributed by atoms with E-state index >= 15 is 0 Å². The summed E-state index contributed by atoms with van der Waals surface area (Å²) >= 11 is 5.92. The molecule has 1 amide bonds. The second-order valence-electron chi connectivity index (χ2n) is 6.61. The molecule has 0 aliphatic carbocycles. The van der Waals surface area contributed by atoms with Crippen LogP contribution in [0.4, 0.5) is 10.6 Å². The van der Waals surface area contributed by atoms with Gasteiger partial charge in [0.2, 0.25) is 5.28 Å². The molecule has 0 radical (unpaired) electrons. The minimum absolute atomic E-state index is 0.0395. The first-order valence-electron chi connectivity index (χ1n) is 7.41. The molecule has 0 bridgehead atoms. The molecular formula is C15H23ClN4O2. The van der Waals surface area contributed by atoms with Crippen molar-refractivity contribution in [1.82, 2.24) is 14.9 Å². The van der Waals surface area contributed by atoms with Gasteiger partial charge in [0.25, 0.3) is 0 Å². The summed E-state index contributed by atoms with van der Waals surface area (Å²) in [6.45, 7) is 11.5. The third-order valence-corrected chi connectivity index (χ3v) is 3.56. The van der Waals surface area contributed by atoms with E-state index in [0.717, 1.165) is 11.5 Å². The van der Waals surface area contributed by atoms with E-state index in [1.165, 1.54) is 0 Å². The maximum atomic E-state index is 12.2. The lowest BCUT2D eigenvalue weighted by Crippen LogP contribution is -2.55. The maximum Gasteiger partial charge on any atom is 0.410 e. The first-order chi connectivity index (χ1) is 10.2. The third-order valence-electron chi connectivity index (χ3n) is 3.39. The fourth-order valence-corrected chi connectivity index (χ4v) is 2.66. The van der Waals surface area contributed by atoms with Gasteiger partial charge >= 0.3 is 6.09 Å². The number of ether oxygens (including phenoxy) is 1. The van der Waals surface area contributed by atoms with Crippen LogP contribution in [0.1, 0.15) is 33.4 Å². The fraction of sp³-hybridized carbons (Fsp3) is 0.667. The molecule has 7 heteroatoms. The topological polar surface area (TPSA) is 58.6 Å². The summed E-state index contributed by atoms with van der Waals surface area (Å²) in [5.41, 5.74) is 0.350. The smallest absolute Gasteiger partial charge is 0.410 e. The van der Waals surface area contributed by atoms with E-state index in [4.69, 9.17) is 16.3 Å². The zero-order valence-electron chi connectivity index (χ0n) is 13.8. The number of hydrogen-bond acceptors (Lipinski definition) is 5. The van der Waals surface area contributed by atoms with Crippen molar-refractivity contribution in [2.24, 2.45) is 0 Å². The Morgan fingerprint density at radius 2 is 2.05 bits per heavy atom. The van der Waals surface area contributed by atoms with Gasteiger partial charge in [0, 0.05) is 37.4 Å². The number of carbonyl (C=O) groups excluding carboxylic acids is 1. The number of rotatable bonds is 1. The van der Waals surface area contributed by atoms with Crippen LogP contribution in [0.3, 0.4) is 0 Å². The second kappa shape index (κ2) is 6.28. The van der Waals surface area contributed by atoms with Gasteiger partial charge in [-0.2, -0.15) is 0 Å². The fourth-order valence-electron chi connectivity index (χ4n) is 2.44. The number of anilines is 1. The number of carbonyl (C=O) groups is 1. The summed E-state index contributed by atoms with van der Waals surface area (Å²) in [5, 5.41) is 0.247. The molecule has 22 heavy (non-hydrogen) atoms. The van der Waals surface area contributed by atoms with Crippen molar-refractivity contribution in [3.05, 3.63) is 17.0 Å². The number of aryl methyl sites for hydroxylation is 1. The van der Waals surface area contributed by atoms with Gasteiger partial charge in [-0.1, -0.05) is 0 Å². The van der Waals surface area contributed by atoms with E-state index < -0.39 is 5.60 Å². The highest BCUT2D eigenvalue weighted by Crippen LogP contribution is 2.21. The number of halogens is 1. The highest BCUT2D eigenvalue weighted by molar-refractivity contribution is 6.28. The molecule has 1 aliphatic rings. The molecule has 1 saturated heterocycles. The number of amides is 1. The Morgan fingerprint density at radius 1 is 1.36 bits per heavy atom. The molecule has 1 fully saturated rings. The Bertz CT molecular complexity index is 539. The molecular weight excluding hydrogens is 304 g/mol. The molecule has 0 N–H and O–H groups in total. The molecule has 0 unspecified atom stereocenters. The Morgan fingerprint density at radius 3 is 2.59 bits per heavy atom. The normalized spacial score (nSPS) is 19.3. The van der Waals surface area contributed by atoms with Crippen molar-refractivity contribution in [3.63, 3.8) is 0 Å². The molecule has 2 heterocycles. The van der Waals surface area contributed by atoms with Crippen molar-refractivity contribution in [2.75, 3.05) is 24.5 Å². The summed E-state index contributed by atoms with van der Waals surface area (Å²) in [7, 11) is 0. The second-order valence-corrected chi connectivity index (χ2v) is 6.94. The quantitative estimate of drug-likeness (QED) is 0.743. The number of aromatic nitrogens is 2. The summed E-state index contributed by atoms with van der Waals surface area (Å²) in [5.74, 6) is 0.799. The molecule has 0 saturated carbocycles. The van der Waals surface area contributed by atoms with E-state index in [1.807, 2.05) is 40.7 Å². The molecule has 1 atom stereocenters. The van der Waals surface area contributed by atoms with Crippen LogP contribution in [0.15, 0.2) is 6.07 Å². The van der Waals surface area contributed by atoms with Gasteiger partial charge in [0.05, 0.1) is 0 Å². The first kappa shape index (κ1) is 16.8. The Balaban J connectivity index is 2.05. The number of hydrogen-bond donors (Lipinski definition) is 0. The molecule has 2 rings (SSSR count). The van der Waals surface area contributed by atoms with Crippen molar-refractivity contribution < 1.29 is 9.53 Å². The molecule has 0 spiro atoms. The van der Waals surface area contributed by atoms with Gasteiger partial charge < -0.3 is 14.5 Å². The van der Waals surface area contributed by atoms with Crippen molar-refractivity contribution in [3.8, 4) is 0 Å². The average molecular weight is 327 g/mol. The van der Waals surface area contributed by atoms with Crippen LogP contribution in [-0.4, -0.2) is 52.2 Å². The van der Waals surface area contributed by atoms with Crippen molar-refractivity contribution in [1.29, 1.82) is 0 Å². The van der Waals surface area contributed by atoms with E-state index in [2.05, 4.69) is 14.9 Å². The minimum Gasteiger partial charge on any atom is -0.444 e. The van der Waals surface area contributed by atoms with Gasteiger partial charge in [-0.25, -0.2) is 14.8 Å². The molecule has 122 valence electrons. The lowest BCUT2D eigenvalue weighted by atomic mass is 10.2. The van der Waals surface area contributed by atoms with Crippen LogP contribution in [0.25, 0.3) is 0 Å². The van der Waals surface area contributed by atoms with Gasteiger partial charge in [-0.3, -0.25) is 0 Å². The molecule has 1 aromatic rings. The Hall–Kier alpha value is -1.56. The van der Waals surface area contributed by atoms with Crippen LogP contribution >= 0.6 is 11.6 Å². The third kappa shape index (κ3) is 4.22. The molecule has 6 nitrogen and oxygen atoms in total. The Kier molecular flexibility index (Phi) is 4.80. The number of piperazine rings is 1. The standard InChI is InChI=1S/C15H23ClN4O2/c1-10-8-12(18-13(16)17-10)19-6-7-20(11(2)9-19)14(21)22-15(3,4)5/h8,11H,6-7,9H2,1-5H3/t11-/m1/s1. The van der Waals surface area contributed by atoms with Crippen molar-refractivity contribution >= 4 is 23.5 Å². The highest BCUT2D eigenvalue weighted by atomic mass is 35.5. The zero-order valence-corrected chi connectivity index (χ0v) is 14.5. The van der Waals surface area contributed by atoms with E-state index in [0.29, 0.717) is 19.6 Å². The maximum absolute atomic E-state index is 12.2. The monoisotopic (exact) mass is 326 g/mol. The lowest BCUT2D eigenvalue weighted by molar-refractivity contribution is 0.0158. The van der Waals surface area contributed by atoms with Gasteiger partial charge in [0.1, 0.15) is 11.4 Å². The van der Waals surface area contributed by atoms with Crippen LogP contribution in [0.2, 0.25) is 5.28 Å². The van der Waals surface area contributed by atoms with E-state index in [1.54, 1.807) is 4.90 Å².